The highest BCUT2D eigenvalue weighted by atomic mass is 79.9. The average molecular weight is 621 g/mol. The van der Waals surface area contributed by atoms with E-state index in [4.69, 9.17) is 0 Å². The maximum absolute atomic E-state index is 13.6. The van der Waals surface area contributed by atoms with Crippen LogP contribution >= 0.6 is 15.9 Å². The Labute approximate surface area is 247 Å². The number of nitrogens with one attached hydrogen (secondary N) is 1. The van der Waals surface area contributed by atoms with Gasteiger partial charge in [0.1, 0.15) is 34.5 Å². The van der Waals surface area contributed by atoms with Gasteiger partial charge in [-0.2, -0.15) is 5.10 Å². The van der Waals surface area contributed by atoms with Gasteiger partial charge in [0.25, 0.3) is 0 Å². The summed E-state index contributed by atoms with van der Waals surface area (Å²) in [5, 5.41) is 8.03. The third kappa shape index (κ3) is 6.51. The van der Waals surface area contributed by atoms with Crippen LogP contribution in [0, 0.1) is 19.8 Å². The van der Waals surface area contributed by atoms with Crippen molar-refractivity contribution in [1.82, 2.24) is 29.6 Å². The predicted molar refractivity (Wildman–Crippen MR) is 161 cm³/mol. The van der Waals surface area contributed by atoms with Crippen LogP contribution in [0.1, 0.15) is 56.0 Å². The second-order valence-corrected chi connectivity index (χ2v) is 10.8. The molecule has 0 saturated carbocycles. The first-order valence-corrected chi connectivity index (χ1v) is 14.4. The summed E-state index contributed by atoms with van der Waals surface area (Å²) in [4.78, 5) is 53.7. The fourth-order valence-corrected chi connectivity index (χ4v) is 5.21. The van der Waals surface area contributed by atoms with Crippen LogP contribution in [0.4, 0.5) is 5.82 Å². The van der Waals surface area contributed by atoms with Crippen LogP contribution in [0.15, 0.2) is 47.3 Å². The summed E-state index contributed by atoms with van der Waals surface area (Å²) in [6.45, 7) is 11.5. The molecular formula is C30H34BrN7O3. The second-order valence-electron chi connectivity index (χ2n) is 10.0. The number of ketones is 1. The van der Waals surface area contributed by atoms with Crippen LogP contribution in [-0.2, 0) is 16.1 Å². The van der Waals surface area contributed by atoms with E-state index < -0.39 is 6.04 Å². The molecule has 214 valence electrons. The van der Waals surface area contributed by atoms with Gasteiger partial charge in [-0.25, -0.2) is 15.0 Å². The molecule has 2 unspecified atom stereocenters. The monoisotopic (exact) mass is 619 g/mol. The summed E-state index contributed by atoms with van der Waals surface area (Å²) in [7, 11) is 0. The van der Waals surface area contributed by atoms with Crippen molar-refractivity contribution in [2.45, 2.75) is 60.5 Å². The lowest BCUT2D eigenvalue weighted by Gasteiger charge is -2.24. The molecule has 1 aromatic carbocycles. The number of nitrogens with zero attached hydrogens (tertiary/aromatic N) is 6. The van der Waals surface area contributed by atoms with Crippen LogP contribution in [0.25, 0.3) is 22.0 Å². The molecule has 2 amide bonds. The molecule has 1 aliphatic heterocycles. The Morgan fingerprint density at radius 1 is 1.05 bits per heavy atom. The van der Waals surface area contributed by atoms with Gasteiger partial charge in [0.15, 0.2) is 5.78 Å². The first kappa shape index (κ1) is 30.0. The summed E-state index contributed by atoms with van der Waals surface area (Å²) >= 11 is 3.34. The highest BCUT2D eigenvalue weighted by molar-refractivity contribution is 9.10. The van der Waals surface area contributed by atoms with Gasteiger partial charge in [-0.3, -0.25) is 19.1 Å². The number of hydrogen-bond donors (Lipinski definition) is 1. The molecule has 5 rings (SSSR count). The number of halogens is 1. The minimum Gasteiger partial charge on any atom is -0.329 e. The third-order valence-corrected chi connectivity index (χ3v) is 7.36. The number of anilines is 1. The molecule has 1 fully saturated rings. The summed E-state index contributed by atoms with van der Waals surface area (Å²) in [6.07, 6.45) is 4.01. The van der Waals surface area contributed by atoms with Gasteiger partial charge < -0.3 is 10.2 Å². The number of Topliss-reactive ketones (excluding diaryl/α,β-unsaturated/α-hetero) is 1. The molecule has 0 aliphatic carbocycles. The molecule has 0 bridgehead atoms. The molecular weight excluding hydrogens is 586 g/mol. The normalized spacial score (nSPS) is 16.3. The Morgan fingerprint density at radius 3 is 2.44 bits per heavy atom. The fourth-order valence-electron chi connectivity index (χ4n) is 4.90. The van der Waals surface area contributed by atoms with Crippen LogP contribution in [-0.4, -0.2) is 59.8 Å². The van der Waals surface area contributed by atoms with Crippen molar-refractivity contribution in [3.63, 3.8) is 0 Å². The topological polar surface area (TPSA) is 123 Å². The van der Waals surface area contributed by atoms with E-state index in [0.29, 0.717) is 40.1 Å². The van der Waals surface area contributed by atoms with E-state index in [1.54, 1.807) is 28.0 Å². The third-order valence-electron chi connectivity index (χ3n) is 6.92. The molecule has 1 saturated heterocycles. The molecule has 10 nitrogen and oxygen atoms in total. The summed E-state index contributed by atoms with van der Waals surface area (Å²) in [6, 6.07) is 8.64. The predicted octanol–water partition coefficient (Wildman–Crippen LogP) is 5.37. The van der Waals surface area contributed by atoms with Gasteiger partial charge in [-0.1, -0.05) is 32.9 Å². The zero-order chi connectivity index (χ0) is 29.8. The Hall–Kier alpha value is -3.99. The molecule has 11 heteroatoms. The number of rotatable bonds is 6. The van der Waals surface area contributed by atoms with Crippen molar-refractivity contribution in [3.05, 3.63) is 64.4 Å². The minimum atomic E-state index is -0.630. The van der Waals surface area contributed by atoms with E-state index in [0.717, 1.165) is 16.7 Å². The molecule has 1 N–H and O–H groups in total. The average Bonchev–Trinajstić information content (AvgIpc) is 3.53. The van der Waals surface area contributed by atoms with Gasteiger partial charge in [0.2, 0.25) is 11.8 Å². The van der Waals surface area contributed by atoms with Gasteiger partial charge >= 0.3 is 0 Å². The number of pyridine rings is 1. The number of amides is 2. The molecule has 2 atom stereocenters. The largest absolute Gasteiger partial charge is 0.329 e. The lowest BCUT2D eigenvalue weighted by atomic mass is 10.0. The molecule has 3 aromatic heterocycles. The standard InChI is InChI=1S/C28H28BrN7O3.C2H6/c1-15-9-23(28(39)33-27-16(2)5-8-24(29)32-27)35(13-15)25(38)14-36-22-7-6-19(20-11-30-18(4)31-12-20)10-21(22)26(34-36)17(3)37;1-2/h5-8,10-12,15,23H,9,13-14H2,1-4H3,(H,32,33,39);1-2H3. The van der Waals surface area contributed by atoms with E-state index in [1.165, 1.54) is 6.92 Å². The van der Waals surface area contributed by atoms with E-state index in [-0.39, 0.29) is 35.8 Å². The number of aryl methyl sites for hydroxylation is 2. The van der Waals surface area contributed by atoms with E-state index >= 15 is 0 Å². The van der Waals surface area contributed by atoms with Crippen molar-refractivity contribution < 1.29 is 14.4 Å². The first-order valence-electron chi connectivity index (χ1n) is 13.6. The van der Waals surface area contributed by atoms with Crippen LogP contribution in [0.3, 0.4) is 0 Å². The lowest BCUT2D eigenvalue weighted by Crippen LogP contribution is -2.44. The maximum Gasteiger partial charge on any atom is 0.248 e. The Balaban J connectivity index is 0.00000189. The Bertz CT molecular complexity index is 1600. The summed E-state index contributed by atoms with van der Waals surface area (Å²) in [5.74, 6) is 0.562. The summed E-state index contributed by atoms with van der Waals surface area (Å²) in [5.41, 5.74) is 3.43. The van der Waals surface area contributed by atoms with Gasteiger partial charge in [0.05, 0.1) is 5.52 Å². The van der Waals surface area contributed by atoms with Crippen molar-refractivity contribution >= 4 is 50.2 Å². The van der Waals surface area contributed by atoms with E-state index in [1.807, 2.05) is 58.9 Å². The van der Waals surface area contributed by atoms with E-state index in [2.05, 4.69) is 41.3 Å². The SMILES string of the molecule is CC.CC(=O)c1nn(CC(=O)N2CC(C)CC2C(=O)Nc2nc(Br)ccc2C)c2ccc(-c3cnc(C)nc3)cc12. The second kappa shape index (κ2) is 12.7. The van der Waals surface area contributed by atoms with Crippen LogP contribution < -0.4 is 5.32 Å². The number of benzene rings is 1. The zero-order valence-electron chi connectivity index (χ0n) is 24.1. The molecule has 4 aromatic rings. The molecule has 0 radical (unpaired) electrons. The molecule has 1 aliphatic rings. The lowest BCUT2D eigenvalue weighted by molar-refractivity contribution is -0.137. The number of likely N-dealkylation sites (tertiary alicyclic amines) is 1. The zero-order valence-corrected chi connectivity index (χ0v) is 25.7. The number of hydrogen-bond acceptors (Lipinski definition) is 7. The van der Waals surface area contributed by atoms with Crippen LogP contribution in [0.5, 0.6) is 0 Å². The van der Waals surface area contributed by atoms with Crippen molar-refractivity contribution in [1.29, 1.82) is 0 Å². The van der Waals surface area contributed by atoms with Crippen molar-refractivity contribution in [2.75, 3.05) is 11.9 Å². The number of fused-ring (bicyclic) bond motifs is 1. The van der Waals surface area contributed by atoms with Gasteiger partial charge in [-0.05, 0) is 71.4 Å². The highest BCUT2D eigenvalue weighted by Crippen LogP contribution is 2.29. The Kier molecular flexibility index (Phi) is 9.27. The van der Waals surface area contributed by atoms with Gasteiger partial charge in [0, 0.05) is 36.8 Å². The van der Waals surface area contributed by atoms with E-state index in [9.17, 15) is 14.4 Å². The first-order chi connectivity index (χ1) is 19.6. The van der Waals surface area contributed by atoms with Crippen molar-refractivity contribution in [2.24, 2.45) is 5.92 Å². The van der Waals surface area contributed by atoms with Gasteiger partial charge in [-0.15, -0.1) is 0 Å². The quantitative estimate of drug-likeness (QED) is 0.227. The number of carbonyl (C=O) groups excluding carboxylic acids is 3. The van der Waals surface area contributed by atoms with Crippen molar-refractivity contribution in [3.8, 4) is 11.1 Å². The molecule has 4 heterocycles. The number of aromatic nitrogens is 5. The van der Waals surface area contributed by atoms with Crippen LogP contribution in [0.2, 0.25) is 0 Å². The minimum absolute atomic E-state index is 0.0958. The maximum atomic E-state index is 13.6. The molecule has 0 spiro atoms. The molecule has 41 heavy (non-hydrogen) atoms. The Morgan fingerprint density at radius 2 is 1.76 bits per heavy atom. The fraction of sp³-hybridized carbons (Fsp3) is 0.367. The smallest absolute Gasteiger partial charge is 0.248 e. The highest BCUT2D eigenvalue weighted by Gasteiger charge is 2.38. The summed E-state index contributed by atoms with van der Waals surface area (Å²) < 4.78 is 2.16. The number of carbonyl (C=O) groups is 3.